The molecule has 5 heteroatoms. The molecule has 1 aromatic rings. The van der Waals surface area contributed by atoms with Gasteiger partial charge in [0.15, 0.2) is 0 Å². The highest BCUT2D eigenvalue weighted by Gasteiger charge is 2.13. The Balaban J connectivity index is 1.77. The first-order valence-corrected chi connectivity index (χ1v) is 6.20. The Morgan fingerprint density at radius 1 is 1.47 bits per heavy atom. The van der Waals surface area contributed by atoms with Gasteiger partial charge in [0.05, 0.1) is 6.10 Å². The second kappa shape index (κ2) is 5.82. The summed E-state index contributed by atoms with van der Waals surface area (Å²) < 4.78 is 5.67. The Labute approximate surface area is 102 Å². The summed E-state index contributed by atoms with van der Waals surface area (Å²) in [6, 6.07) is 1.90. The monoisotopic (exact) mass is 236 g/mol. The van der Waals surface area contributed by atoms with Crippen LogP contribution in [0.4, 0.5) is 11.8 Å². The average molecular weight is 236 g/mol. The van der Waals surface area contributed by atoms with Gasteiger partial charge in [0.25, 0.3) is 0 Å². The van der Waals surface area contributed by atoms with Crippen LogP contribution in [0.25, 0.3) is 0 Å². The van der Waals surface area contributed by atoms with E-state index in [1.54, 1.807) is 0 Å². The van der Waals surface area contributed by atoms with Crippen LogP contribution in [0.5, 0.6) is 0 Å². The molecule has 1 aromatic heterocycles. The van der Waals surface area contributed by atoms with Crippen molar-refractivity contribution in [3.05, 3.63) is 11.8 Å². The molecule has 0 saturated carbocycles. The van der Waals surface area contributed by atoms with Gasteiger partial charge in [-0.05, 0) is 32.6 Å². The molecule has 0 aliphatic carbocycles. The normalized spacial score (nSPS) is 20.2. The average Bonchev–Trinajstić information content (AvgIpc) is 2.29. The minimum absolute atomic E-state index is 0.321. The molecule has 1 saturated heterocycles. The van der Waals surface area contributed by atoms with Gasteiger partial charge in [-0.1, -0.05) is 0 Å². The fourth-order valence-corrected chi connectivity index (χ4v) is 2.08. The Hall–Kier alpha value is -1.36. The van der Waals surface area contributed by atoms with Crippen LogP contribution in [0.1, 0.15) is 31.4 Å². The van der Waals surface area contributed by atoms with Crippen LogP contribution in [-0.2, 0) is 4.74 Å². The fourth-order valence-electron chi connectivity index (χ4n) is 2.08. The van der Waals surface area contributed by atoms with Gasteiger partial charge in [0.2, 0.25) is 5.95 Å². The van der Waals surface area contributed by atoms with Gasteiger partial charge in [-0.2, -0.15) is 4.98 Å². The first kappa shape index (κ1) is 12.1. The van der Waals surface area contributed by atoms with E-state index in [0.717, 1.165) is 31.1 Å². The van der Waals surface area contributed by atoms with Gasteiger partial charge in [-0.25, -0.2) is 4.98 Å². The molecule has 3 N–H and O–H groups in total. The van der Waals surface area contributed by atoms with Crippen molar-refractivity contribution in [2.75, 3.05) is 24.2 Å². The van der Waals surface area contributed by atoms with Gasteiger partial charge in [-0.3, -0.25) is 0 Å². The smallest absolute Gasteiger partial charge is 0.222 e. The highest BCUT2D eigenvalue weighted by Crippen LogP contribution is 2.15. The number of nitrogens with two attached hydrogens (primary N) is 1. The standard InChI is InChI=1S/C12H20N4O/c1-9-8-11(16-12(13)15-9)14-6-5-10-4-2-3-7-17-10/h8,10H,2-7H2,1H3,(H3,13,14,15,16). The zero-order chi connectivity index (χ0) is 12.1. The molecule has 0 aromatic carbocycles. The lowest BCUT2D eigenvalue weighted by Gasteiger charge is -2.22. The molecule has 1 aliphatic heterocycles. The number of rotatable bonds is 4. The summed E-state index contributed by atoms with van der Waals surface area (Å²) in [6.07, 6.45) is 5.07. The van der Waals surface area contributed by atoms with Gasteiger partial charge in [-0.15, -0.1) is 0 Å². The molecule has 5 nitrogen and oxygen atoms in total. The molecule has 1 fully saturated rings. The zero-order valence-corrected chi connectivity index (χ0v) is 10.3. The third-order valence-electron chi connectivity index (χ3n) is 2.92. The molecule has 1 aliphatic rings. The van der Waals surface area contributed by atoms with Crippen LogP contribution < -0.4 is 11.1 Å². The van der Waals surface area contributed by atoms with Gasteiger partial charge in [0, 0.05) is 24.9 Å². The molecule has 2 rings (SSSR count). The number of hydrogen-bond donors (Lipinski definition) is 2. The molecule has 0 amide bonds. The molecular weight excluding hydrogens is 216 g/mol. The number of nitrogens with zero attached hydrogens (tertiary/aromatic N) is 2. The van der Waals surface area contributed by atoms with Crippen molar-refractivity contribution >= 4 is 11.8 Å². The molecule has 2 heterocycles. The third kappa shape index (κ3) is 3.85. The Kier molecular flexibility index (Phi) is 4.14. The van der Waals surface area contributed by atoms with Gasteiger partial charge >= 0.3 is 0 Å². The number of nitrogen functional groups attached to an aromatic ring is 1. The maximum Gasteiger partial charge on any atom is 0.222 e. The van der Waals surface area contributed by atoms with Crippen molar-refractivity contribution in [1.82, 2.24) is 9.97 Å². The summed E-state index contributed by atoms with van der Waals surface area (Å²) in [5, 5.41) is 3.26. The van der Waals surface area contributed by atoms with Gasteiger partial charge in [0.1, 0.15) is 5.82 Å². The lowest BCUT2D eigenvalue weighted by atomic mass is 10.1. The van der Waals surface area contributed by atoms with Crippen molar-refractivity contribution in [3.63, 3.8) is 0 Å². The highest BCUT2D eigenvalue weighted by atomic mass is 16.5. The van der Waals surface area contributed by atoms with Crippen LogP contribution in [0.2, 0.25) is 0 Å². The molecule has 0 bridgehead atoms. The predicted octanol–water partition coefficient (Wildman–Crippen LogP) is 1.74. The minimum atomic E-state index is 0.321. The maximum atomic E-state index is 5.67. The molecule has 0 spiro atoms. The molecule has 94 valence electrons. The van der Waals surface area contributed by atoms with Crippen LogP contribution >= 0.6 is 0 Å². The molecule has 17 heavy (non-hydrogen) atoms. The first-order chi connectivity index (χ1) is 8.24. The summed E-state index contributed by atoms with van der Waals surface area (Å²) in [4.78, 5) is 8.17. The van der Waals surface area contributed by atoms with Crippen molar-refractivity contribution < 1.29 is 4.74 Å². The number of aryl methyl sites for hydroxylation is 1. The summed E-state index contributed by atoms with van der Waals surface area (Å²) in [5.74, 6) is 1.12. The summed E-state index contributed by atoms with van der Waals surface area (Å²) in [7, 11) is 0. The van der Waals surface area contributed by atoms with Crippen molar-refractivity contribution in [2.24, 2.45) is 0 Å². The third-order valence-corrected chi connectivity index (χ3v) is 2.92. The van der Waals surface area contributed by atoms with E-state index in [1.807, 2.05) is 13.0 Å². The van der Waals surface area contributed by atoms with E-state index in [2.05, 4.69) is 15.3 Å². The summed E-state index contributed by atoms with van der Waals surface area (Å²) in [6.45, 7) is 3.68. The van der Waals surface area contributed by atoms with Crippen molar-refractivity contribution in [1.29, 1.82) is 0 Å². The topological polar surface area (TPSA) is 73.1 Å². The second-order valence-corrected chi connectivity index (χ2v) is 4.46. The first-order valence-electron chi connectivity index (χ1n) is 6.20. The van der Waals surface area contributed by atoms with E-state index < -0.39 is 0 Å². The highest BCUT2D eigenvalue weighted by molar-refractivity contribution is 5.39. The van der Waals surface area contributed by atoms with E-state index in [-0.39, 0.29) is 0 Å². The Morgan fingerprint density at radius 2 is 2.35 bits per heavy atom. The number of ether oxygens (including phenoxy) is 1. The predicted molar refractivity (Wildman–Crippen MR) is 67.9 cm³/mol. The molecule has 0 radical (unpaired) electrons. The van der Waals surface area contributed by atoms with E-state index >= 15 is 0 Å². The Bertz CT molecular complexity index is 343. The SMILES string of the molecule is Cc1cc(NCCC2CCCCO2)nc(N)n1. The maximum absolute atomic E-state index is 5.67. The lowest BCUT2D eigenvalue weighted by Crippen LogP contribution is -2.22. The van der Waals surface area contributed by atoms with E-state index in [4.69, 9.17) is 10.5 Å². The number of anilines is 2. The van der Waals surface area contributed by atoms with Gasteiger partial charge < -0.3 is 15.8 Å². The number of aromatic nitrogens is 2. The van der Waals surface area contributed by atoms with E-state index in [9.17, 15) is 0 Å². The molecule has 1 atom stereocenters. The van der Waals surface area contributed by atoms with E-state index in [0.29, 0.717) is 12.1 Å². The van der Waals surface area contributed by atoms with Crippen molar-refractivity contribution in [2.45, 2.75) is 38.7 Å². The molecular formula is C12H20N4O. The van der Waals surface area contributed by atoms with Crippen molar-refractivity contribution in [3.8, 4) is 0 Å². The van der Waals surface area contributed by atoms with Crippen LogP contribution in [-0.4, -0.2) is 29.2 Å². The lowest BCUT2D eigenvalue weighted by molar-refractivity contribution is 0.0134. The summed E-state index contributed by atoms with van der Waals surface area (Å²) >= 11 is 0. The van der Waals surface area contributed by atoms with Crippen LogP contribution in [0.15, 0.2) is 6.07 Å². The number of nitrogens with one attached hydrogen (secondary N) is 1. The quantitative estimate of drug-likeness (QED) is 0.833. The largest absolute Gasteiger partial charge is 0.378 e. The Morgan fingerprint density at radius 3 is 3.06 bits per heavy atom. The second-order valence-electron chi connectivity index (χ2n) is 4.46. The molecule has 1 unspecified atom stereocenters. The fraction of sp³-hybridized carbons (Fsp3) is 0.667. The summed E-state index contributed by atoms with van der Waals surface area (Å²) in [5.41, 5.74) is 6.47. The van der Waals surface area contributed by atoms with Crippen LogP contribution in [0.3, 0.4) is 0 Å². The van der Waals surface area contributed by atoms with E-state index in [1.165, 1.54) is 19.3 Å². The minimum Gasteiger partial charge on any atom is -0.378 e. The zero-order valence-electron chi connectivity index (χ0n) is 10.3. The number of hydrogen-bond acceptors (Lipinski definition) is 5. The van der Waals surface area contributed by atoms with Crippen LogP contribution in [0, 0.1) is 6.92 Å².